The first-order valence-electron chi connectivity index (χ1n) is 9.35. The second-order valence-corrected chi connectivity index (χ2v) is 6.90. The number of aryl methyl sites for hydroxylation is 1. The van der Waals surface area contributed by atoms with Crippen LogP contribution >= 0.6 is 0 Å². The summed E-state index contributed by atoms with van der Waals surface area (Å²) in [6.07, 6.45) is 7.22. The maximum absolute atomic E-state index is 12.9. The van der Waals surface area contributed by atoms with Crippen LogP contribution in [0.2, 0.25) is 0 Å². The maximum atomic E-state index is 12.9. The molecule has 0 saturated carbocycles. The van der Waals surface area contributed by atoms with Crippen molar-refractivity contribution in [1.82, 2.24) is 14.5 Å². The molecule has 0 spiro atoms. The zero-order chi connectivity index (χ0) is 17.9. The van der Waals surface area contributed by atoms with Gasteiger partial charge in [-0.15, -0.1) is 0 Å². The Balaban J connectivity index is 1.42. The second kappa shape index (κ2) is 7.32. The van der Waals surface area contributed by atoms with Crippen LogP contribution in [0.25, 0.3) is 0 Å². The lowest BCUT2D eigenvalue weighted by molar-refractivity contribution is -0.125. The average molecular weight is 352 g/mol. The van der Waals surface area contributed by atoms with Crippen molar-refractivity contribution in [1.29, 1.82) is 0 Å². The van der Waals surface area contributed by atoms with Crippen molar-refractivity contribution >= 4 is 11.6 Å². The summed E-state index contributed by atoms with van der Waals surface area (Å²) >= 11 is 0. The first kappa shape index (κ1) is 16.8. The van der Waals surface area contributed by atoms with E-state index in [0.717, 1.165) is 37.2 Å². The number of hydrogen-bond donors (Lipinski definition) is 0. The molecule has 0 aliphatic carbocycles. The fourth-order valence-electron chi connectivity index (χ4n) is 3.85. The van der Waals surface area contributed by atoms with Gasteiger partial charge in [0.25, 0.3) is 5.91 Å². The Morgan fingerprint density at radius 3 is 2.96 bits per heavy atom. The summed E-state index contributed by atoms with van der Waals surface area (Å²) in [7, 11) is 0. The minimum atomic E-state index is -0.156. The smallest absolute Gasteiger partial charge is 0.271 e. The van der Waals surface area contributed by atoms with E-state index in [0.29, 0.717) is 18.7 Å². The number of imidazole rings is 1. The monoisotopic (exact) mass is 352 g/mol. The molecule has 3 heterocycles. The fourth-order valence-corrected chi connectivity index (χ4v) is 3.85. The Morgan fingerprint density at radius 2 is 2.15 bits per heavy atom. The van der Waals surface area contributed by atoms with Crippen LogP contribution in [0.15, 0.2) is 47.9 Å². The standard InChI is InChI=1S/C20H24N4O2/c1-2-19-21-10-12-24(19)16-9-6-11-23(14-16)20(25)17-13-18(26-22-17)15-7-4-3-5-8-15/h3-5,7-8,10,12,16,18H,2,6,9,11,13-14H2,1H3. The third-order valence-corrected chi connectivity index (χ3v) is 5.23. The van der Waals surface area contributed by atoms with Crippen LogP contribution in [0, 0.1) is 0 Å². The molecule has 6 heteroatoms. The van der Waals surface area contributed by atoms with Gasteiger partial charge < -0.3 is 14.3 Å². The topological polar surface area (TPSA) is 59.7 Å². The number of carbonyl (C=O) groups is 1. The summed E-state index contributed by atoms with van der Waals surface area (Å²) in [5, 5.41) is 4.10. The normalized spacial score (nSPS) is 22.8. The van der Waals surface area contributed by atoms with Crippen LogP contribution in [-0.2, 0) is 16.1 Å². The molecule has 2 unspecified atom stereocenters. The highest BCUT2D eigenvalue weighted by molar-refractivity contribution is 6.39. The van der Waals surface area contributed by atoms with Crippen LogP contribution in [0.4, 0.5) is 0 Å². The third kappa shape index (κ3) is 3.23. The summed E-state index contributed by atoms with van der Waals surface area (Å²) < 4.78 is 2.22. The predicted molar refractivity (Wildman–Crippen MR) is 98.8 cm³/mol. The molecule has 1 amide bonds. The number of amides is 1. The summed E-state index contributed by atoms with van der Waals surface area (Å²) in [6, 6.07) is 10.2. The van der Waals surface area contributed by atoms with Crippen molar-refractivity contribution in [2.75, 3.05) is 13.1 Å². The van der Waals surface area contributed by atoms with Crippen LogP contribution in [0.3, 0.4) is 0 Å². The van der Waals surface area contributed by atoms with Gasteiger partial charge in [0.05, 0.1) is 6.04 Å². The van der Waals surface area contributed by atoms with Gasteiger partial charge in [0, 0.05) is 38.3 Å². The number of rotatable bonds is 4. The number of piperidine rings is 1. The molecule has 0 radical (unpaired) electrons. The Morgan fingerprint density at radius 1 is 1.31 bits per heavy atom. The number of nitrogens with zero attached hydrogens (tertiary/aromatic N) is 4. The van der Waals surface area contributed by atoms with Crippen LogP contribution in [0.5, 0.6) is 0 Å². The van der Waals surface area contributed by atoms with E-state index in [-0.39, 0.29) is 18.1 Å². The Kier molecular flexibility index (Phi) is 4.73. The zero-order valence-corrected chi connectivity index (χ0v) is 15.0. The number of benzene rings is 1. The quantitative estimate of drug-likeness (QED) is 0.849. The summed E-state index contributed by atoms with van der Waals surface area (Å²) in [5.74, 6) is 1.08. The summed E-state index contributed by atoms with van der Waals surface area (Å²) in [6.45, 7) is 3.59. The Bertz CT molecular complexity index is 799. The molecule has 1 aromatic carbocycles. The van der Waals surface area contributed by atoms with Crippen molar-refractivity contribution in [2.24, 2.45) is 5.16 Å². The molecule has 1 fully saturated rings. The predicted octanol–water partition coefficient (Wildman–Crippen LogP) is 3.13. The van der Waals surface area contributed by atoms with Crippen LogP contribution < -0.4 is 0 Å². The second-order valence-electron chi connectivity index (χ2n) is 6.90. The molecule has 26 heavy (non-hydrogen) atoms. The lowest BCUT2D eigenvalue weighted by atomic mass is 10.0. The first-order valence-corrected chi connectivity index (χ1v) is 9.35. The van der Waals surface area contributed by atoms with Crippen LogP contribution in [0.1, 0.15) is 49.7 Å². The Hall–Kier alpha value is -2.63. The number of carbonyl (C=O) groups excluding carboxylic acids is 1. The van der Waals surface area contributed by atoms with Gasteiger partial charge in [0.2, 0.25) is 0 Å². The summed E-state index contributed by atoms with van der Waals surface area (Å²) in [5.41, 5.74) is 1.59. The molecule has 2 atom stereocenters. The largest absolute Gasteiger partial charge is 0.387 e. The highest BCUT2D eigenvalue weighted by Gasteiger charge is 2.33. The fraction of sp³-hybridized carbons (Fsp3) is 0.450. The minimum Gasteiger partial charge on any atom is -0.387 e. The van der Waals surface area contributed by atoms with Gasteiger partial charge in [-0.1, -0.05) is 42.4 Å². The lowest BCUT2D eigenvalue weighted by Gasteiger charge is -2.34. The first-order chi connectivity index (χ1) is 12.8. The van der Waals surface area contributed by atoms with E-state index in [1.165, 1.54) is 0 Å². The third-order valence-electron chi connectivity index (χ3n) is 5.23. The van der Waals surface area contributed by atoms with Gasteiger partial charge in [-0.3, -0.25) is 4.79 Å². The number of oxime groups is 1. The maximum Gasteiger partial charge on any atom is 0.271 e. The minimum absolute atomic E-state index is 0.00583. The highest BCUT2D eigenvalue weighted by atomic mass is 16.6. The van der Waals surface area contributed by atoms with Gasteiger partial charge in [-0.25, -0.2) is 4.98 Å². The van der Waals surface area contributed by atoms with E-state index in [1.807, 2.05) is 47.6 Å². The molecule has 2 aliphatic heterocycles. The van der Waals surface area contributed by atoms with Crippen molar-refractivity contribution in [3.8, 4) is 0 Å². The van der Waals surface area contributed by atoms with Gasteiger partial charge in [0.15, 0.2) is 6.10 Å². The molecule has 6 nitrogen and oxygen atoms in total. The number of aromatic nitrogens is 2. The number of likely N-dealkylation sites (tertiary alicyclic amines) is 1. The Labute approximate surface area is 153 Å². The van der Waals surface area contributed by atoms with E-state index in [4.69, 9.17) is 4.84 Å². The summed E-state index contributed by atoms with van der Waals surface area (Å²) in [4.78, 5) is 24.8. The molecular weight excluding hydrogens is 328 g/mol. The zero-order valence-electron chi connectivity index (χ0n) is 15.0. The highest BCUT2D eigenvalue weighted by Crippen LogP contribution is 2.29. The molecule has 0 bridgehead atoms. The molecular formula is C20H24N4O2. The van der Waals surface area contributed by atoms with E-state index in [9.17, 15) is 4.79 Å². The molecule has 1 saturated heterocycles. The molecule has 2 aliphatic rings. The van der Waals surface area contributed by atoms with Crippen molar-refractivity contribution in [3.05, 3.63) is 54.1 Å². The molecule has 4 rings (SSSR count). The molecule has 136 valence electrons. The van der Waals surface area contributed by atoms with Gasteiger partial charge in [-0.2, -0.15) is 0 Å². The van der Waals surface area contributed by atoms with Gasteiger partial charge in [0.1, 0.15) is 11.5 Å². The molecule has 1 aromatic heterocycles. The molecule has 2 aromatic rings. The van der Waals surface area contributed by atoms with Crippen molar-refractivity contribution < 1.29 is 9.63 Å². The number of hydrogen-bond acceptors (Lipinski definition) is 4. The van der Waals surface area contributed by atoms with Crippen LogP contribution in [-0.4, -0.2) is 39.2 Å². The molecule has 0 N–H and O–H groups in total. The van der Waals surface area contributed by atoms with E-state index >= 15 is 0 Å². The van der Waals surface area contributed by atoms with Crippen molar-refractivity contribution in [3.63, 3.8) is 0 Å². The van der Waals surface area contributed by atoms with Gasteiger partial charge in [-0.05, 0) is 18.4 Å². The lowest BCUT2D eigenvalue weighted by Crippen LogP contribution is -2.43. The average Bonchev–Trinajstić information content (AvgIpc) is 3.37. The van der Waals surface area contributed by atoms with E-state index < -0.39 is 0 Å². The van der Waals surface area contributed by atoms with E-state index in [1.54, 1.807) is 0 Å². The SMILES string of the molecule is CCc1nccn1C1CCCN(C(=O)C2=NOC(c3ccccc3)C2)C1. The van der Waals surface area contributed by atoms with Crippen molar-refractivity contribution in [2.45, 2.75) is 44.8 Å². The van der Waals surface area contributed by atoms with E-state index in [2.05, 4.69) is 21.6 Å². The van der Waals surface area contributed by atoms with Gasteiger partial charge >= 0.3 is 0 Å².